The van der Waals surface area contributed by atoms with Crippen LogP contribution < -0.4 is 5.32 Å². The van der Waals surface area contributed by atoms with Crippen molar-refractivity contribution < 1.29 is 14.3 Å². The van der Waals surface area contributed by atoms with E-state index < -0.39 is 6.09 Å². The maximum Gasteiger partial charge on any atom is 0.407 e. The van der Waals surface area contributed by atoms with Crippen molar-refractivity contribution in [3.63, 3.8) is 0 Å². The van der Waals surface area contributed by atoms with Gasteiger partial charge in [-0.25, -0.2) is 9.79 Å². The normalized spacial score (nSPS) is 11.2. The van der Waals surface area contributed by atoms with Crippen molar-refractivity contribution in [1.82, 2.24) is 5.32 Å². The second-order valence-corrected chi connectivity index (χ2v) is 3.21. The van der Waals surface area contributed by atoms with Gasteiger partial charge >= 0.3 is 6.09 Å². The molecule has 0 aromatic rings. The third kappa shape index (κ3) is 9.00. The monoisotopic (exact) mass is 238 g/mol. The molecular weight excluding hydrogens is 220 g/mol. The second-order valence-electron chi connectivity index (χ2n) is 3.21. The molecule has 0 radical (unpaired) electrons. The zero-order chi connectivity index (χ0) is 13.1. The maximum absolute atomic E-state index is 10.7. The Morgan fingerprint density at radius 3 is 2.82 bits per heavy atom. The van der Waals surface area contributed by atoms with E-state index in [-0.39, 0.29) is 12.5 Å². The molecule has 1 atom stereocenters. The molecule has 5 nitrogen and oxygen atoms in total. The molecule has 1 unspecified atom stereocenters. The van der Waals surface area contributed by atoms with Gasteiger partial charge in [-0.05, 0) is 13.0 Å². The van der Waals surface area contributed by atoms with Gasteiger partial charge in [0.2, 0.25) is 5.88 Å². The molecule has 0 bridgehead atoms. The number of carbonyl (C=O) groups excluding carboxylic acids is 1. The van der Waals surface area contributed by atoms with Crippen LogP contribution in [-0.2, 0) is 9.47 Å². The molecule has 0 aromatic carbocycles. The third-order valence-electron chi connectivity index (χ3n) is 1.78. The highest BCUT2D eigenvalue weighted by Gasteiger charge is 1.95. The summed E-state index contributed by atoms with van der Waals surface area (Å²) in [7, 11) is 2.83. The number of alkyl carbamates (subject to hydrolysis) is 1. The number of hydrogen-bond donors (Lipinski definition) is 1. The first-order chi connectivity index (χ1) is 8.10. The summed E-state index contributed by atoms with van der Waals surface area (Å²) < 4.78 is 9.18. The van der Waals surface area contributed by atoms with Gasteiger partial charge in [0.05, 0.1) is 20.8 Å². The fourth-order valence-electron chi connectivity index (χ4n) is 0.838. The van der Waals surface area contributed by atoms with Crippen LogP contribution in [0.25, 0.3) is 0 Å². The molecule has 0 aliphatic rings. The van der Waals surface area contributed by atoms with Crippen molar-refractivity contribution in [3.05, 3.63) is 12.5 Å². The van der Waals surface area contributed by atoms with E-state index >= 15 is 0 Å². The topological polar surface area (TPSA) is 59.9 Å². The van der Waals surface area contributed by atoms with Gasteiger partial charge in [0.15, 0.2) is 0 Å². The number of nitrogens with one attached hydrogen (secondary N) is 1. The van der Waals surface area contributed by atoms with Gasteiger partial charge in [0.1, 0.15) is 0 Å². The smallest absolute Gasteiger partial charge is 0.407 e. The van der Waals surface area contributed by atoms with Gasteiger partial charge in [-0.1, -0.05) is 18.8 Å². The SMILES string of the molecule is C=C(/N=C\CC(C)C#CCNC(=O)OC)OC. The summed E-state index contributed by atoms with van der Waals surface area (Å²) in [6.45, 7) is 5.80. The number of carbonyl (C=O) groups is 1. The standard InChI is InChI=1S/C12H18N2O3/c1-10(7-9-13-11(2)16-3)6-5-8-14-12(15)17-4/h9-10H,2,7-8H2,1,3-4H3,(H,14,15)/b13-9-. The number of ether oxygens (including phenoxy) is 2. The van der Waals surface area contributed by atoms with Gasteiger partial charge in [-0.15, -0.1) is 0 Å². The molecule has 94 valence electrons. The minimum Gasteiger partial charge on any atom is -0.481 e. The van der Waals surface area contributed by atoms with Crippen molar-refractivity contribution in [3.8, 4) is 11.8 Å². The highest BCUT2D eigenvalue weighted by Crippen LogP contribution is 1.98. The Morgan fingerprint density at radius 1 is 1.53 bits per heavy atom. The average molecular weight is 238 g/mol. The molecule has 0 heterocycles. The van der Waals surface area contributed by atoms with E-state index in [1.165, 1.54) is 14.2 Å². The van der Waals surface area contributed by atoms with Crippen molar-refractivity contribution in [1.29, 1.82) is 0 Å². The molecule has 0 saturated heterocycles. The zero-order valence-electron chi connectivity index (χ0n) is 10.4. The lowest BCUT2D eigenvalue weighted by Gasteiger charge is -1.99. The summed E-state index contributed by atoms with van der Waals surface area (Å²) in [6, 6.07) is 0. The van der Waals surface area contributed by atoms with Crippen LogP contribution in [-0.4, -0.2) is 33.1 Å². The predicted octanol–water partition coefficient (Wildman–Crippen LogP) is 1.56. The molecule has 17 heavy (non-hydrogen) atoms. The molecule has 1 N–H and O–H groups in total. The van der Waals surface area contributed by atoms with E-state index in [9.17, 15) is 4.79 Å². The van der Waals surface area contributed by atoms with E-state index in [2.05, 4.69) is 33.5 Å². The molecule has 0 spiro atoms. The van der Waals surface area contributed by atoms with E-state index in [1.807, 2.05) is 6.92 Å². The summed E-state index contributed by atoms with van der Waals surface area (Å²) in [5.74, 6) is 6.33. The molecule has 0 fully saturated rings. The average Bonchev–Trinajstić information content (AvgIpc) is 2.33. The summed E-state index contributed by atoms with van der Waals surface area (Å²) in [4.78, 5) is 14.6. The lowest BCUT2D eigenvalue weighted by Crippen LogP contribution is -2.23. The first kappa shape index (κ1) is 15.0. The van der Waals surface area contributed by atoms with Crippen LogP contribution in [0.15, 0.2) is 17.5 Å². The number of rotatable bonds is 5. The van der Waals surface area contributed by atoms with E-state index in [0.717, 1.165) is 0 Å². The lowest BCUT2D eigenvalue weighted by molar-refractivity contribution is 0.172. The van der Waals surface area contributed by atoms with Crippen LogP contribution in [0, 0.1) is 17.8 Å². The molecule has 1 amide bonds. The predicted molar refractivity (Wildman–Crippen MR) is 66.6 cm³/mol. The molecule has 0 aromatic heterocycles. The Bertz CT molecular complexity index is 339. The third-order valence-corrected chi connectivity index (χ3v) is 1.78. The molecule has 0 aliphatic carbocycles. The van der Waals surface area contributed by atoms with Crippen LogP contribution in [0.2, 0.25) is 0 Å². The van der Waals surface area contributed by atoms with Crippen LogP contribution >= 0.6 is 0 Å². The van der Waals surface area contributed by atoms with Gasteiger partial charge in [0, 0.05) is 12.1 Å². The number of hydrogen-bond acceptors (Lipinski definition) is 4. The fraction of sp³-hybridized carbons (Fsp3) is 0.500. The van der Waals surface area contributed by atoms with Crippen molar-refractivity contribution in [2.75, 3.05) is 20.8 Å². The van der Waals surface area contributed by atoms with E-state index in [0.29, 0.717) is 12.3 Å². The van der Waals surface area contributed by atoms with E-state index in [1.54, 1.807) is 6.21 Å². The van der Waals surface area contributed by atoms with Crippen LogP contribution in [0.4, 0.5) is 4.79 Å². The van der Waals surface area contributed by atoms with Crippen LogP contribution in [0.3, 0.4) is 0 Å². The first-order valence-corrected chi connectivity index (χ1v) is 5.15. The Labute approximate surface area is 102 Å². The van der Waals surface area contributed by atoms with E-state index in [4.69, 9.17) is 4.74 Å². The molecule has 0 rings (SSSR count). The van der Waals surface area contributed by atoms with Gasteiger partial charge in [0.25, 0.3) is 0 Å². The van der Waals surface area contributed by atoms with Gasteiger partial charge < -0.3 is 14.8 Å². The second kappa shape index (κ2) is 9.28. The molecule has 0 aliphatic heterocycles. The fourth-order valence-corrected chi connectivity index (χ4v) is 0.838. The van der Waals surface area contributed by atoms with Gasteiger partial charge in [-0.2, -0.15) is 0 Å². The zero-order valence-corrected chi connectivity index (χ0v) is 10.4. The number of amides is 1. The number of aliphatic imine (C=N–C) groups is 1. The van der Waals surface area contributed by atoms with Crippen molar-refractivity contribution in [2.45, 2.75) is 13.3 Å². The van der Waals surface area contributed by atoms with Crippen LogP contribution in [0.5, 0.6) is 0 Å². The number of methoxy groups -OCH3 is 2. The van der Waals surface area contributed by atoms with Crippen molar-refractivity contribution >= 4 is 12.3 Å². The summed E-state index contributed by atoms with van der Waals surface area (Å²) in [6.07, 6.45) is 1.93. The molecule has 5 heteroatoms. The maximum atomic E-state index is 10.7. The van der Waals surface area contributed by atoms with Crippen molar-refractivity contribution in [2.24, 2.45) is 10.9 Å². The Hall–Kier alpha value is -1.96. The summed E-state index contributed by atoms with van der Waals surface area (Å²) >= 11 is 0. The molecule has 0 saturated carbocycles. The van der Waals surface area contributed by atoms with Gasteiger partial charge in [-0.3, -0.25) is 0 Å². The lowest BCUT2D eigenvalue weighted by atomic mass is 10.1. The highest BCUT2D eigenvalue weighted by molar-refractivity contribution is 5.67. The summed E-state index contributed by atoms with van der Waals surface area (Å²) in [5, 5.41) is 2.47. The Morgan fingerprint density at radius 2 is 2.24 bits per heavy atom. The largest absolute Gasteiger partial charge is 0.481 e. The molecular formula is C12H18N2O3. The quantitative estimate of drug-likeness (QED) is 0.449. The van der Waals surface area contributed by atoms with Crippen LogP contribution in [0.1, 0.15) is 13.3 Å². The summed E-state index contributed by atoms with van der Waals surface area (Å²) in [5.41, 5.74) is 0. The Kier molecular flexibility index (Phi) is 8.21. The highest BCUT2D eigenvalue weighted by atomic mass is 16.5. The number of nitrogens with zero attached hydrogens (tertiary/aromatic N) is 1. The minimum atomic E-state index is -0.482. The minimum absolute atomic E-state index is 0.155. The Balaban J connectivity index is 3.82. The first-order valence-electron chi connectivity index (χ1n) is 5.15.